The molecule has 0 amide bonds. The summed E-state index contributed by atoms with van der Waals surface area (Å²) in [6.45, 7) is 1.79. The minimum atomic E-state index is -0.797. The van der Waals surface area contributed by atoms with Gasteiger partial charge in [0.25, 0.3) is 0 Å². The fourth-order valence-corrected chi connectivity index (χ4v) is 3.84. The first kappa shape index (κ1) is 15.4. The van der Waals surface area contributed by atoms with Crippen LogP contribution in [0, 0.1) is 10.1 Å². The Morgan fingerprint density at radius 2 is 2.14 bits per heavy atom. The Morgan fingerprint density at radius 3 is 2.71 bits per heavy atom. The first-order chi connectivity index (χ1) is 9.96. The number of hydrogen-bond acceptors (Lipinski definition) is 7. The van der Waals surface area contributed by atoms with Crippen molar-refractivity contribution in [2.24, 2.45) is 4.99 Å². The van der Waals surface area contributed by atoms with E-state index in [1.807, 2.05) is 0 Å². The monoisotopic (exact) mass is 358 g/mol. The van der Waals surface area contributed by atoms with Crippen molar-refractivity contribution < 1.29 is 14.5 Å². The zero-order valence-electron chi connectivity index (χ0n) is 11.4. The quantitative estimate of drug-likeness (QED) is 0.352. The van der Waals surface area contributed by atoms with Crippen LogP contribution >= 0.6 is 0 Å². The van der Waals surface area contributed by atoms with Crippen molar-refractivity contribution in [3.8, 4) is 0 Å². The summed E-state index contributed by atoms with van der Waals surface area (Å²) >= 11 is -0.0774. The van der Waals surface area contributed by atoms with Crippen molar-refractivity contribution in [2.75, 3.05) is 12.5 Å². The van der Waals surface area contributed by atoms with Gasteiger partial charge in [-0.25, -0.2) is 0 Å². The molecule has 9 heteroatoms. The van der Waals surface area contributed by atoms with Crippen LogP contribution in [0.5, 0.6) is 0 Å². The fraction of sp³-hybridized carbons (Fsp3) is 0.333. The number of nitro groups is 1. The molecule has 1 aliphatic heterocycles. The van der Waals surface area contributed by atoms with Crippen molar-refractivity contribution in [1.29, 1.82) is 0 Å². The third-order valence-corrected chi connectivity index (χ3v) is 5.40. The summed E-state index contributed by atoms with van der Waals surface area (Å²) in [5.41, 5.74) is 5.76. The predicted octanol–water partition coefficient (Wildman–Crippen LogP) is 0.935. The molecule has 1 aromatic rings. The van der Waals surface area contributed by atoms with Crippen LogP contribution in [0.15, 0.2) is 29.3 Å². The number of benzene rings is 1. The molecule has 0 saturated heterocycles. The molecule has 0 spiro atoms. The van der Waals surface area contributed by atoms with E-state index in [2.05, 4.69) is 15.8 Å². The zero-order chi connectivity index (χ0) is 15.5. The van der Waals surface area contributed by atoms with Gasteiger partial charge < -0.3 is 0 Å². The number of anilines is 1. The molecule has 1 aliphatic rings. The minimum absolute atomic E-state index is 0.0152. The third kappa shape index (κ3) is 3.38. The summed E-state index contributed by atoms with van der Waals surface area (Å²) in [7, 11) is 1.35. The zero-order valence-corrected chi connectivity index (χ0v) is 13.1. The van der Waals surface area contributed by atoms with Gasteiger partial charge in [0.1, 0.15) is 0 Å². The molecule has 1 aromatic carbocycles. The Labute approximate surface area is 127 Å². The number of ether oxygens (including phenoxy) is 1. The molecule has 0 bridgehead atoms. The van der Waals surface area contributed by atoms with Gasteiger partial charge >= 0.3 is 127 Å². The molecule has 0 radical (unpaired) electrons. The number of carbonyl (C=O) groups is 1. The van der Waals surface area contributed by atoms with E-state index in [0.29, 0.717) is 5.69 Å². The summed E-state index contributed by atoms with van der Waals surface area (Å²) in [4.78, 5) is 25.8. The molecule has 112 valence electrons. The molecule has 8 nitrogen and oxygen atoms in total. The normalized spacial score (nSPS) is 23.8. The van der Waals surface area contributed by atoms with E-state index in [0.717, 1.165) is 0 Å². The van der Waals surface area contributed by atoms with Gasteiger partial charge in [0, 0.05) is 0 Å². The number of methoxy groups -OCH3 is 1. The van der Waals surface area contributed by atoms with E-state index in [4.69, 9.17) is 4.74 Å². The third-order valence-electron chi connectivity index (χ3n) is 2.98. The van der Waals surface area contributed by atoms with Crippen LogP contribution in [0.1, 0.15) is 6.92 Å². The number of nitrogens with one attached hydrogen (secondary N) is 2. The van der Waals surface area contributed by atoms with Crippen molar-refractivity contribution >= 4 is 37.4 Å². The summed E-state index contributed by atoms with van der Waals surface area (Å²) in [5, 5.41) is 12.3. The Morgan fingerprint density at radius 1 is 1.48 bits per heavy atom. The van der Waals surface area contributed by atoms with Crippen LogP contribution in [0.3, 0.4) is 0 Å². The van der Waals surface area contributed by atoms with Crippen molar-refractivity contribution in [3.63, 3.8) is 0 Å². The summed E-state index contributed by atoms with van der Waals surface area (Å²) in [6, 6.07) is 5.94. The van der Waals surface area contributed by atoms with Crippen LogP contribution in [-0.2, 0) is 9.53 Å². The van der Waals surface area contributed by atoms with Crippen molar-refractivity contribution in [3.05, 3.63) is 34.4 Å². The fourth-order valence-electron chi connectivity index (χ4n) is 1.76. The maximum atomic E-state index is 11.7. The van der Waals surface area contributed by atoms with Gasteiger partial charge in [-0.3, -0.25) is 0 Å². The molecular weight excluding hydrogens is 343 g/mol. The Bertz CT molecular complexity index is 577. The van der Waals surface area contributed by atoms with E-state index in [1.54, 1.807) is 24.2 Å². The second kappa shape index (κ2) is 6.21. The van der Waals surface area contributed by atoms with Crippen LogP contribution in [0.4, 0.5) is 11.4 Å². The average Bonchev–Trinajstić information content (AvgIpc) is 2.87. The molecular formula is C12H14N4O4Se. The predicted molar refractivity (Wildman–Crippen MR) is 78.3 cm³/mol. The molecule has 2 N–H and O–H groups in total. The molecule has 0 saturated carbocycles. The first-order valence-electron chi connectivity index (χ1n) is 6.01. The second-order valence-corrected chi connectivity index (χ2v) is 6.48. The van der Waals surface area contributed by atoms with Gasteiger partial charge in [-0.2, -0.15) is 0 Å². The number of rotatable bonds is 5. The number of carbonyl (C=O) groups excluding carboxylic acids is 1. The van der Waals surface area contributed by atoms with E-state index in [1.165, 1.54) is 19.2 Å². The SMILES string of the molecule is COC(=O)[C@H]1[Se]C=N[C@@]1(C)NNc1ccc([N+](=O)[O-])cc1. The van der Waals surface area contributed by atoms with Crippen LogP contribution in [0.25, 0.3) is 0 Å². The topological polar surface area (TPSA) is 106 Å². The number of aliphatic imine (C=N–C) groups is 1. The molecule has 2 rings (SSSR count). The van der Waals surface area contributed by atoms with Crippen LogP contribution < -0.4 is 10.9 Å². The Kier molecular flexibility index (Phi) is 4.56. The van der Waals surface area contributed by atoms with Gasteiger partial charge in [0.05, 0.1) is 0 Å². The number of nitrogens with zero attached hydrogens (tertiary/aromatic N) is 2. The number of hydrazine groups is 1. The second-order valence-electron chi connectivity index (χ2n) is 4.48. The Hall–Kier alpha value is -1.96. The van der Waals surface area contributed by atoms with E-state index >= 15 is 0 Å². The summed E-state index contributed by atoms with van der Waals surface area (Å²) < 4.78 is 4.78. The van der Waals surface area contributed by atoms with E-state index < -0.39 is 10.6 Å². The van der Waals surface area contributed by atoms with Gasteiger partial charge in [0.15, 0.2) is 0 Å². The number of esters is 1. The standard InChI is InChI=1S/C12H14N4O4Se/c1-12(10(11(17)20-2)21-7-13-12)15-14-8-3-5-9(6-4-8)16(18)19/h3-7,10,14-15H,1-2H3/t10-,12+/m1/s1. The van der Waals surface area contributed by atoms with Crippen molar-refractivity contribution in [1.82, 2.24) is 5.43 Å². The van der Waals surface area contributed by atoms with Gasteiger partial charge in [-0.15, -0.1) is 0 Å². The van der Waals surface area contributed by atoms with Crippen molar-refractivity contribution in [2.45, 2.75) is 17.4 Å². The van der Waals surface area contributed by atoms with Gasteiger partial charge in [0.2, 0.25) is 0 Å². The number of nitro benzene ring substituents is 1. The van der Waals surface area contributed by atoms with Crippen LogP contribution in [0.2, 0.25) is 4.82 Å². The molecule has 0 fully saturated rings. The summed E-state index contributed by atoms with van der Waals surface area (Å²) in [5.74, 6) is -0.312. The van der Waals surface area contributed by atoms with E-state index in [9.17, 15) is 14.9 Å². The average molecular weight is 357 g/mol. The molecule has 1 heterocycles. The number of hydrogen-bond donors (Lipinski definition) is 2. The Balaban J connectivity index is 2.02. The maximum absolute atomic E-state index is 11.7. The molecule has 0 aromatic heterocycles. The first-order valence-corrected chi connectivity index (χ1v) is 7.99. The summed E-state index contributed by atoms with van der Waals surface area (Å²) in [6.07, 6.45) is 0. The van der Waals surface area contributed by atoms with E-state index in [-0.39, 0.29) is 31.4 Å². The molecule has 0 unspecified atom stereocenters. The number of non-ortho nitro benzene ring substituents is 1. The molecule has 2 atom stereocenters. The van der Waals surface area contributed by atoms with Gasteiger partial charge in [-0.1, -0.05) is 0 Å². The molecule has 21 heavy (non-hydrogen) atoms. The molecule has 0 aliphatic carbocycles. The van der Waals surface area contributed by atoms with Crippen LogP contribution in [-0.4, -0.2) is 43.7 Å². The van der Waals surface area contributed by atoms with Gasteiger partial charge in [-0.05, 0) is 0 Å².